The molecule has 10 nitrogen and oxygen atoms in total. The van der Waals surface area contributed by atoms with E-state index in [0.717, 1.165) is 11.3 Å². The van der Waals surface area contributed by atoms with Gasteiger partial charge in [0.2, 0.25) is 0 Å². The van der Waals surface area contributed by atoms with Crippen LogP contribution in [0.25, 0.3) is 11.4 Å². The largest absolute Gasteiger partial charge is 0.494 e. The van der Waals surface area contributed by atoms with Crippen molar-refractivity contribution in [1.82, 2.24) is 29.6 Å². The fourth-order valence-corrected chi connectivity index (χ4v) is 3.95. The van der Waals surface area contributed by atoms with Crippen LogP contribution in [0, 0.1) is 0 Å². The van der Waals surface area contributed by atoms with E-state index in [1.807, 2.05) is 49.5 Å². The summed E-state index contributed by atoms with van der Waals surface area (Å²) in [6.45, 7) is 0.607. The molecule has 1 aliphatic rings. The van der Waals surface area contributed by atoms with Crippen LogP contribution in [0.4, 0.5) is 23.0 Å². The lowest BCUT2D eigenvalue weighted by atomic mass is 10.0. The number of carbonyl (C=O) groups is 1. The molecule has 0 saturated heterocycles. The first-order valence-corrected chi connectivity index (χ1v) is 10.8. The highest BCUT2D eigenvalue weighted by Gasteiger charge is 2.28. The predicted molar refractivity (Wildman–Crippen MR) is 129 cm³/mol. The minimum absolute atomic E-state index is 0.0813. The monoisotopic (exact) mass is 456 g/mol. The maximum atomic E-state index is 13.1. The molecule has 4 heterocycles. The number of pyridine rings is 2. The summed E-state index contributed by atoms with van der Waals surface area (Å²) in [5, 5.41) is 11.0. The Balaban J connectivity index is 1.59. The van der Waals surface area contributed by atoms with E-state index >= 15 is 0 Å². The van der Waals surface area contributed by atoms with E-state index in [9.17, 15) is 4.79 Å². The molecular formula is C24H24N8O2. The first-order valence-electron chi connectivity index (χ1n) is 10.8. The number of anilines is 4. The van der Waals surface area contributed by atoms with Crippen molar-refractivity contribution in [2.24, 2.45) is 7.05 Å². The second-order valence-corrected chi connectivity index (χ2v) is 7.95. The van der Waals surface area contributed by atoms with E-state index in [1.54, 1.807) is 36.3 Å². The molecule has 0 radical (unpaired) electrons. The van der Waals surface area contributed by atoms with Crippen molar-refractivity contribution in [2.45, 2.75) is 6.42 Å². The van der Waals surface area contributed by atoms with Gasteiger partial charge in [0, 0.05) is 39.3 Å². The van der Waals surface area contributed by atoms with Crippen molar-refractivity contribution in [3.05, 3.63) is 66.2 Å². The second kappa shape index (κ2) is 8.81. The fourth-order valence-electron chi connectivity index (χ4n) is 3.95. The highest BCUT2D eigenvalue weighted by Crippen LogP contribution is 2.38. The molecule has 0 bridgehead atoms. The van der Waals surface area contributed by atoms with Gasteiger partial charge in [-0.05, 0) is 24.3 Å². The third-order valence-electron chi connectivity index (χ3n) is 5.59. The summed E-state index contributed by atoms with van der Waals surface area (Å²) in [6.07, 6.45) is 4.00. The third kappa shape index (κ3) is 4.01. The molecule has 0 spiro atoms. The molecule has 5 rings (SSSR count). The quantitative estimate of drug-likeness (QED) is 0.454. The second-order valence-electron chi connectivity index (χ2n) is 7.95. The first kappa shape index (κ1) is 21.4. The Morgan fingerprint density at radius 1 is 1.00 bits per heavy atom. The summed E-state index contributed by atoms with van der Waals surface area (Å²) in [7, 11) is 5.21. The molecule has 0 saturated carbocycles. The number of aryl methyl sites for hydroxylation is 1. The number of fused-ring (bicyclic) bond motifs is 1. The normalized spacial score (nSPS) is 12.9. The maximum Gasteiger partial charge on any atom is 0.257 e. The number of likely N-dealkylation sites (N-methyl/N-ethyl adjacent to an activating group) is 1. The number of para-hydroxylation sites is 1. The number of nitrogens with zero attached hydrogens (tertiary/aromatic N) is 6. The molecule has 172 valence electrons. The lowest BCUT2D eigenvalue weighted by molar-refractivity contribution is 0.0780. The van der Waals surface area contributed by atoms with Gasteiger partial charge in [0.25, 0.3) is 5.91 Å². The molecule has 3 aromatic heterocycles. The molecule has 1 aromatic carbocycles. The molecule has 4 aromatic rings. The maximum absolute atomic E-state index is 13.1. The Kier molecular flexibility index (Phi) is 5.54. The van der Waals surface area contributed by atoms with Crippen LogP contribution >= 0.6 is 0 Å². The number of aromatic nitrogens is 5. The molecule has 0 fully saturated rings. The molecule has 2 N–H and O–H groups in total. The molecule has 10 heteroatoms. The summed E-state index contributed by atoms with van der Waals surface area (Å²) in [5.41, 5.74) is 3.33. The number of carbonyl (C=O) groups excluding carboxylic acids is 1. The molecule has 1 amide bonds. The van der Waals surface area contributed by atoms with Crippen LogP contribution in [0.2, 0.25) is 0 Å². The number of hydrogen-bond acceptors (Lipinski definition) is 8. The van der Waals surface area contributed by atoms with Gasteiger partial charge in [-0.2, -0.15) is 5.10 Å². The van der Waals surface area contributed by atoms with Crippen LogP contribution in [-0.2, 0) is 13.5 Å². The number of amides is 1. The van der Waals surface area contributed by atoms with Crippen LogP contribution in [0.1, 0.15) is 16.1 Å². The van der Waals surface area contributed by atoms with Crippen LogP contribution in [0.15, 0.2) is 55.0 Å². The van der Waals surface area contributed by atoms with Crippen molar-refractivity contribution in [1.29, 1.82) is 0 Å². The Labute approximate surface area is 196 Å². The van der Waals surface area contributed by atoms with Gasteiger partial charge in [-0.15, -0.1) is 0 Å². The zero-order chi connectivity index (χ0) is 23.7. The van der Waals surface area contributed by atoms with Gasteiger partial charge in [-0.25, -0.2) is 15.0 Å². The lowest BCUT2D eigenvalue weighted by Crippen LogP contribution is -2.35. The van der Waals surface area contributed by atoms with Crippen LogP contribution in [-0.4, -0.2) is 56.2 Å². The number of hydrogen-bond donors (Lipinski definition) is 2. The minimum Gasteiger partial charge on any atom is -0.494 e. The average molecular weight is 457 g/mol. The standard InChI is InChI=1S/C24H24N8O2/c1-31-12-10-16-21(24(31)33)18(13-20(28-16)29-19-9-4-5-11-25-19)27-17-8-6-7-15(22(17)34-3)23-26-14-32(2)30-23/h4-9,11,13-14H,10,12H2,1-3H3,(H2,25,27,28,29). The number of methoxy groups -OCH3 is 1. The first-order chi connectivity index (χ1) is 16.5. The molecule has 0 atom stereocenters. The summed E-state index contributed by atoms with van der Waals surface area (Å²) in [5.74, 6) is 2.31. The lowest BCUT2D eigenvalue weighted by Gasteiger charge is -2.27. The van der Waals surface area contributed by atoms with Crippen LogP contribution in [0.3, 0.4) is 0 Å². The number of rotatable bonds is 6. The fraction of sp³-hybridized carbons (Fsp3) is 0.208. The summed E-state index contributed by atoms with van der Waals surface area (Å²) >= 11 is 0. The van der Waals surface area contributed by atoms with E-state index in [4.69, 9.17) is 9.72 Å². The Morgan fingerprint density at radius 3 is 2.62 bits per heavy atom. The number of ether oxygens (including phenoxy) is 1. The molecule has 0 aliphatic carbocycles. The Hall–Kier alpha value is -4.47. The third-order valence-corrected chi connectivity index (χ3v) is 5.59. The zero-order valence-corrected chi connectivity index (χ0v) is 19.1. The van der Waals surface area contributed by atoms with E-state index in [1.165, 1.54) is 0 Å². The van der Waals surface area contributed by atoms with E-state index in [-0.39, 0.29) is 5.91 Å². The van der Waals surface area contributed by atoms with Crippen LogP contribution in [0.5, 0.6) is 5.75 Å². The van der Waals surface area contributed by atoms with Crippen LogP contribution < -0.4 is 15.4 Å². The van der Waals surface area contributed by atoms with Gasteiger partial charge in [0.1, 0.15) is 18.0 Å². The highest BCUT2D eigenvalue weighted by atomic mass is 16.5. The van der Waals surface area contributed by atoms with Crippen molar-refractivity contribution in [3.8, 4) is 17.1 Å². The predicted octanol–water partition coefficient (Wildman–Crippen LogP) is 3.40. The van der Waals surface area contributed by atoms with E-state index in [0.29, 0.717) is 53.1 Å². The minimum atomic E-state index is -0.0813. The summed E-state index contributed by atoms with van der Waals surface area (Å²) < 4.78 is 7.38. The number of nitrogens with one attached hydrogen (secondary N) is 2. The van der Waals surface area contributed by atoms with Crippen molar-refractivity contribution in [3.63, 3.8) is 0 Å². The molecule has 1 aliphatic heterocycles. The highest BCUT2D eigenvalue weighted by molar-refractivity contribution is 6.03. The van der Waals surface area contributed by atoms with Gasteiger partial charge < -0.3 is 20.3 Å². The number of benzene rings is 1. The van der Waals surface area contributed by atoms with Gasteiger partial charge >= 0.3 is 0 Å². The van der Waals surface area contributed by atoms with Crippen molar-refractivity contribution < 1.29 is 9.53 Å². The molecule has 0 unspecified atom stereocenters. The topological polar surface area (TPSA) is 110 Å². The summed E-state index contributed by atoms with van der Waals surface area (Å²) in [4.78, 5) is 28.2. The average Bonchev–Trinajstić information content (AvgIpc) is 3.28. The van der Waals surface area contributed by atoms with Gasteiger partial charge in [-0.1, -0.05) is 12.1 Å². The SMILES string of the molecule is COc1c(Nc2cc(Nc3ccccn3)nc3c2C(=O)N(C)CC3)cccc1-c1ncn(C)n1. The smallest absolute Gasteiger partial charge is 0.257 e. The van der Waals surface area contributed by atoms with Gasteiger partial charge in [-0.3, -0.25) is 9.48 Å². The van der Waals surface area contributed by atoms with Crippen molar-refractivity contribution >= 4 is 28.9 Å². The summed E-state index contributed by atoms with van der Waals surface area (Å²) in [6, 6.07) is 13.1. The molecule has 34 heavy (non-hydrogen) atoms. The molecular weight excluding hydrogens is 432 g/mol. The van der Waals surface area contributed by atoms with Gasteiger partial charge in [0.15, 0.2) is 11.6 Å². The Morgan fingerprint density at radius 2 is 1.88 bits per heavy atom. The van der Waals surface area contributed by atoms with Gasteiger partial charge in [0.05, 0.1) is 35.3 Å². The Bertz CT molecular complexity index is 1350. The van der Waals surface area contributed by atoms with Crippen molar-refractivity contribution in [2.75, 3.05) is 31.3 Å². The zero-order valence-electron chi connectivity index (χ0n) is 19.1. The van der Waals surface area contributed by atoms with E-state index in [2.05, 4.69) is 25.7 Å². The van der Waals surface area contributed by atoms with E-state index < -0.39 is 0 Å².